The van der Waals surface area contributed by atoms with Crippen LogP contribution in [-0.4, -0.2) is 53.0 Å². The van der Waals surface area contributed by atoms with Gasteiger partial charge in [0.05, 0.1) is 16.9 Å². The van der Waals surface area contributed by atoms with Crippen LogP contribution in [0, 0.1) is 19.9 Å². The van der Waals surface area contributed by atoms with Gasteiger partial charge in [-0.1, -0.05) is 85.5 Å². The largest absolute Gasteiger partial charge is 2.00 e. The zero-order valence-electron chi connectivity index (χ0n) is 33.8. The number of carbonyl (C=O) groups excluding carboxylic acids is 1. The first-order chi connectivity index (χ1) is 26.9. The molecule has 2 aliphatic rings. The van der Waals surface area contributed by atoms with Crippen LogP contribution in [0.5, 0.6) is 11.5 Å². The van der Waals surface area contributed by atoms with Crippen molar-refractivity contribution < 1.29 is 49.2 Å². The molecular weight excluding hydrogens is 971 g/mol. The third-order valence-electron chi connectivity index (χ3n) is 8.20. The van der Waals surface area contributed by atoms with Gasteiger partial charge in [0.15, 0.2) is 18.2 Å². The van der Waals surface area contributed by atoms with Crippen LogP contribution >= 0.6 is 31.9 Å². The van der Waals surface area contributed by atoms with E-state index in [9.17, 15) is 17.8 Å². The Morgan fingerprint density at radius 1 is 0.695 bits per heavy atom. The van der Waals surface area contributed by atoms with Gasteiger partial charge in [-0.05, 0) is 107 Å². The zero-order chi connectivity index (χ0) is 41.6. The second-order valence-corrected chi connectivity index (χ2v) is 17.5. The maximum absolute atomic E-state index is 11.8. The fourth-order valence-corrected chi connectivity index (χ4v) is 6.72. The Hall–Kier alpha value is -3.62. The Kier molecular flexibility index (Phi) is 20.9. The van der Waals surface area contributed by atoms with Crippen molar-refractivity contribution in [3.63, 3.8) is 0 Å². The van der Waals surface area contributed by atoms with Gasteiger partial charge in [0.1, 0.15) is 32.8 Å². The molecule has 12 heteroatoms. The minimum Gasteiger partial charge on any atom is -1.00 e. The molecule has 2 aliphatic heterocycles. The summed E-state index contributed by atoms with van der Waals surface area (Å²) < 4.78 is 44.9. The molecule has 0 fully saturated rings. The van der Waals surface area contributed by atoms with Crippen LogP contribution in [0.1, 0.15) is 66.7 Å². The van der Waals surface area contributed by atoms with E-state index < -0.39 is 10.1 Å². The normalized spacial score (nSPS) is 13.6. The molecule has 304 valence electrons. The molecule has 0 amide bonds. The molecule has 0 spiro atoms. The van der Waals surface area contributed by atoms with E-state index in [2.05, 4.69) is 100 Å². The maximum Gasteiger partial charge on any atom is 2.00 e. The van der Waals surface area contributed by atoms with Crippen LogP contribution in [0.4, 0.5) is 0 Å². The Morgan fingerprint density at radius 2 is 1.19 bits per heavy atom. The molecule has 0 saturated carbocycles. The summed E-state index contributed by atoms with van der Waals surface area (Å²) in [6.45, 7) is 12.0. The minimum atomic E-state index is -4.27. The number of hydrogen-bond acceptors (Lipinski definition) is 6. The average Bonchev–Trinajstić information content (AvgIpc) is 3.17. The predicted octanol–water partition coefficient (Wildman–Crippen LogP) is 8.06. The van der Waals surface area contributed by atoms with E-state index >= 15 is 0 Å². The first kappa shape index (κ1) is 51.5. The van der Waals surface area contributed by atoms with E-state index in [-0.39, 0.29) is 61.9 Å². The van der Waals surface area contributed by atoms with Gasteiger partial charge in [0.25, 0.3) is 0 Å². The zero-order valence-corrected chi connectivity index (χ0v) is 40.8. The minimum absolute atomic E-state index is 0. The van der Waals surface area contributed by atoms with Crippen molar-refractivity contribution in [2.75, 3.05) is 0 Å². The molecule has 0 saturated heterocycles. The number of aryl methyl sites for hydroxylation is 2. The third kappa shape index (κ3) is 17.5. The second-order valence-electron chi connectivity index (χ2n) is 14.3. The molecular formula is C47H46Br3MgNO6S. The Labute approximate surface area is 392 Å². The van der Waals surface area contributed by atoms with E-state index in [1.165, 1.54) is 28.8 Å². The van der Waals surface area contributed by atoms with Gasteiger partial charge in [0.2, 0.25) is 0 Å². The molecule has 6 aromatic rings. The number of pyridine rings is 1. The number of fused-ring (bicyclic) bond motifs is 2. The fraction of sp³-hybridized carbons (Fsp3) is 0.191. The monoisotopic (exact) mass is 1010 g/mol. The summed E-state index contributed by atoms with van der Waals surface area (Å²) in [5.74, 6) is 1.78. The molecule has 5 aromatic carbocycles. The number of rotatable bonds is 2. The quantitative estimate of drug-likeness (QED) is 0.0988. The number of ketones is 1. The Balaban J connectivity index is 0.000000271. The molecule has 1 aromatic heterocycles. The number of H-pyrrole nitrogens is 1. The number of benzene rings is 5. The van der Waals surface area contributed by atoms with Crippen molar-refractivity contribution in [1.29, 1.82) is 0 Å². The number of nitrogens with one attached hydrogen (secondary N) is 1. The number of ether oxygens (including phenoxy) is 2. The van der Waals surface area contributed by atoms with Gasteiger partial charge < -0.3 is 31.0 Å². The molecule has 7 nitrogen and oxygen atoms in total. The summed E-state index contributed by atoms with van der Waals surface area (Å²) in [5, 5.41) is 0. The number of halogens is 3. The van der Waals surface area contributed by atoms with Gasteiger partial charge in [-0.2, -0.15) is 36.4 Å². The van der Waals surface area contributed by atoms with E-state index in [4.69, 9.17) is 9.47 Å². The van der Waals surface area contributed by atoms with Crippen molar-refractivity contribution in [2.24, 2.45) is 0 Å². The average molecular weight is 1020 g/mol. The van der Waals surface area contributed by atoms with E-state index in [1.807, 2.05) is 112 Å². The van der Waals surface area contributed by atoms with Gasteiger partial charge in [0, 0.05) is 26.6 Å². The van der Waals surface area contributed by atoms with Crippen LogP contribution in [-0.2, 0) is 10.1 Å². The van der Waals surface area contributed by atoms with Gasteiger partial charge >= 0.3 is 23.1 Å². The summed E-state index contributed by atoms with van der Waals surface area (Å²) in [6.07, 6.45) is 6.39. The van der Waals surface area contributed by atoms with Gasteiger partial charge in [-0.15, -0.1) is 0 Å². The van der Waals surface area contributed by atoms with E-state index in [1.54, 1.807) is 12.1 Å². The number of aromatic nitrogens is 1. The molecule has 59 heavy (non-hydrogen) atoms. The van der Waals surface area contributed by atoms with Crippen LogP contribution < -0.4 is 31.4 Å². The summed E-state index contributed by atoms with van der Waals surface area (Å²) in [6, 6.07) is 44.5. The maximum atomic E-state index is 11.8. The molecule has 3 heterocycles. The van der Waals surface area contributed by atoms with Crippen LogP contribution in [0.15, 0.2) is 166 Å². The Bertz CT molecular complexity index is 2270. The molecule has 0 bridgehead atoms. The van der Waals surface area contributed by atoms with E-state index in [0.29, 0.717) is 17.7 Å². The van der Waals surface area contributed by atoms with E-state index in [0.717, 1.165) is 25.8 Å². The number of Topliss-reactive ketones (excluding diaryl/α,β-unsaturated/α-hetero) is 1. The Morgan fingerprint density at radius 3 is 1.63 bits per heavy atom. The standard InChI is InChI=1S/C18H17BrO.C11H11BrO2.C7H8O3S.C6H5.C5H5N.BrH.Mg/c1-12-4-6-13(7-5-12)16-11-18(2,3)20-17-9-8-14(19)10-15(16)17;1-11(2)6-9(13)8-5-7(12)3-4-10(8)14-11;1-6-2-4-7(5-3-6)11(8,9)10;2*1-2-4-6-5-3-1;;/h4-11H,1-3H3;3-5H,6H2,1-2H3;2-5H,1H3,(H,8,9,10);2*1-5H;1H;/q;;;-1;;;+2/p-1. The predicted molar refractivity (Wildman–Crippen MR) is 238 cm³/mol. The topological polar surface area (TPSA) is 107 Å². The number of hydrogen-bond donors (Lipinski definition) is 0. The summed E-state index contributed by atoms with van der Waals surface area (Å²) in [7, 11) is -4.27. The number of aromatic amines is 1. The molecule has 0 unspecified atom stereocenters. The SMILES string of the molecule is CC1(C)CC(=O)c2cc(Br)ccc2O1.Cc1ccc(C2=CC(C)(C)Oc3ccc(Br)cc32)cc1.Cc1ccc(S(=O)(=O)[O-])cc1.[Br-].[Mg+2].[c-]1ccccc1.c1cc[nH+]cc1. The second kappa shape index (κ2) is 24.0. The summed E-state index contributed by atoms with van der Waals surface area (Å²) >= 11 is 6.89. The van der Waals surface area contributed by atoms with Crippen LogP contribution in [0.25, 0.3) is 5.57 Å². The molecule has 0 atom stereocenters. The smallest absolute Gasteiger partial charge is 1.00 e. The van der Waals surface area contributed by atoms with Crippen molar-refractivity contribution >= 4 is 76.4 Å². The molecule has 8 rings (SSSR count). The van der Waals surface area contributed by atoms with Crippen molar-refractivity contribution in [1.82, 2.24) is 0 Å². The summed E-state index contributed by atoms with van der Waals surface area (Å²) in [4.78, 5) is 14.5. The summed E-state index contributed by atoms with van der Waals surface area (Å²) in [5.41, 5.74) is 5.82. The van der Waals surface area contributed by atoms with Crippen molar-refractivity contribution in [3.05, 3.63) is 195 Å². The first-order valence-electron chi connectivity index (χ1n) is 18.1. The molecule has 1 N–H and O–H groups in total. The first-order valence-corrected chi connectivity index (χ1v) is 21.1. The molecule has 0 radical (unpaired) electrons. The molecule has 0 aliphatic carbocycles. The van der Waals surface area contributed by atoms with Gasteiger partial charge in [-0.25, -0.2) is 13.4 Å². The third-order valence-corrected chi connectivity index (χ3v) is 10.0. The van der Waals surface area contributed by atoms with Crippen molar-refractivity contribution in [3.8, 4) is 11.5 Å². The van der Waals surface area contributed by atoms with Crippen molar-refractivity contribution in [2.45, 2.75) is 64.1 Å². The van der Waals surface area contributed by atoms with Gasteiger partial charge in [-0.3, -0.25) is 4.79 Å². The fourth-order valence-electron chi connectivity index (χ4n) is 5.53. The van der Waals surface area contributed by atoms with Crippen LogP contribution in [0.3, 0.4) is 0 Å². The van der Waals surface area contributed by atoms with Crippen LogP contribution in [0.2, 0.25) is 0 Å². The number of carbonyl (C=O) groups is 1.